The van der Waals surface area contributed by atoms with E-state index in [9.17, 15) is 14.7 Å². The van der Waals surface area contributed by atoms with Gasteiger partial charge in [0.25, 0.3) is 14.2 Å². The van der Waals surface area contributed by atoms with E-state index in [2.05, 4.69) is 175 Å². The van der Waals surface area contributed by atoms with Crippen molar-refractivity contribution in [3.05, 3.63) is 34.9 Å². The molecule has 1 fully saturated rings. The molecule has 0 saturated carbocycles. The molecule has 2 aliphatic rings. The number of aliphatic hydroxyl groups is 1. The van der Waals surface area contributed by atoms with E-state index < -0.39 is 93.4 Å². The highest BCUT2D eigenvalue weighted by atomic mass is 28.4. The summed E-state index contributed by atoms with van der Waals surface area (Å²) < 4.78 is 54.5. The predicted octanol–water partition coefficient (Wildman–Crippen LogP) is 13.3. The van der Waals surface area contributed by atoms with Crippen molar-refractivity contribution in [1.82, 2.24) is 5.32 Å². The van der Waals surface area contributed by atoms with Crippen LogP contribution in [0.15, 0.2) is 18.2 Å². The zero-order valence-corrected chi connectivity index (χ0v) is 53.8. The van der Waals surface area contributed by atoms with Gasteiger partial charge in [0, 0.05) is 44.5 Å². The van der Waals surface area contributed by atoms with Crippen LogP contribution < -0.4 is 14.2 Å². The van der Waals surface area contributed by atoms with Crippen molar-refractivity contribution in [3.8, 4) is 11.5 Å². The highest BCUT2D eigenvalue weighted by Gasteiger charge is 2.54. The highest BCUT2D eigenvalue weighted by Crippen LogP contribution is 2.50. The molecule has 1 saturated heterocycles. The molecule has 1 aromatic carbocycles. The number of methoxy groups -OCH3 is 2. The summed E-state index contributed by atoms with van der Waals surface area (Å²) in [5.74, 6) is -0.0246. The van der Waals surface area contributed by atoms with Crippen molar-refractivity contribution in [2.24, 2.45) is 11.3 Å². The molecule has 0 aromatic heterocycles. The van der Waals surface area contributed by atoms with Gasteiger partial charge in [-0.2, -0.15) is 0 Å². The van der Waals surface area contributed by atoms with Gasteiger partial charge in [-0.05, 0) is 110 Å². The molecule has 0 radical (unpaired) electrons. The highest BCUT2D eigenvalue weighted by molar-refractivity contribution is 6.75. The minimum absolute atomic E-state index is 0.0589. The molecule has 0 spiro atoms. The molecule has 0 bridgehead atoms. The Hall–Kier alpha value is -1.87. The summed E-state index contributed by atoms with van der Waals surface area (Å²) in [4.78, 5) is 28.6. The first-order valence-electron chi connectivity index (χ1n) is 26.2. The van der Waals surface area contributed by atoms with Gasteiger partial charge in [0.2, 0.25) is 8.32 Å². The number of rotatable bonds is 20. The van der Waals surface area contributed by atoms with Gasteiger partial charge in [0.1, 0.15) is 29.3 Å². The van der Waals surface area contributed by atoms with E-state index in [0.717, 1.165) is 22.4 Å². The lowest BCUT2D eigenvalue weighted by Crippen LogP contribution is -2.62. The molecule has 1 aromatic rings. The maximum atomic E-state index is 14.8. The third-order valence-corrected chi connectivity index (χ3v) is 35.4. The van der Waals surface area contributed by atoms with Crippen LogP contribution in [-0.4, -0.2) is 113 Å². The average Bonchev–Trinajstić information content (AvgIpc) is 3.18. The second kappa shape index (κ2) is 22.4. The fraction of sp³-hybridized carbons (Fsp3) is 0.818. The average molecular weight is 1070 g/mol. The Labute approximate surface area is 436 Å². The summed E-state index contributed by atoms with van der Waals surface area (Å²) in [7, 11) is -6.62. The number of amides is 1. The number of esters is 1. The quantitative estimate of drug-likeness (QED) is 0.0558. The van der Waals surface area contributed by atoms with Gasteiger partial charge in [0.05, 0.1) is 24.4 Å². The number of benzene rings is 1. The van der Waals surface area contributed by atoms with E-state index in [1.54, 1.807) is 0 Å². The summed E-state index contributed by atoms with van der Waals surface area (Å²) in [6.07, 6.45) is -3.93. The van der Waals surface area contributed by atoms with Gasteiger partial charge >= 0.3 is 5.97 Å². The number of aliphatic hydroxyl groups excluding tert-OH is 1. The standard InChI is InChI=1S/C55H103NO11Si4/c1-34(2)29-42(60-19)47(57)48(58)56-49(61-20)43-33-45(67-71(27,28)54(14,15)16)55(17,18)44(62-43)32-40(65-69(23,24)52(8,9)10)36(4)38-30-37-35(3)39(64-68(21,22)51(5,6)7)31-41(46(37)50(59)63-38)66-70(25,26)53(11,12)13/h31,36,38,40,42-45,47,49,57H,1,29-30,32-33H2,2-28H3,(H,56,58)/t36-,38+,40-,42-,43-,44+,45+,47-,49-/m0/s1. The summed E-state index contributed by atoms with van der Waals surface area (Å²) in [6, 6.07) is 1.96. The second-order valence-electron chi connectivity index (χ2n) is 27.9. The molecule has 12 nitrogen and oxygen atoms in total. The van der Waals surface area contributed by atoms with E-state index in [1.807, 2.05) is 13.0 Å². The lowest BCUT2D eigenvalue weighted by atomic mass is 9.73. The number of carbonyl (C=O) groups is 2. The second-order valence-corrected chi connectivity index (χ2v) is 46.8. The van der Waals surface area contributed by atoms with Crippen LogP contribution in [0.3, 0.4) is 0 Å². The Kier molecular flexibility index (Phi) is 20.0. The van der Waals surface area contributed by atoms with Crippen LogP contribution >= 0.6 is 0 Å². The first-order chi connectivity index (χ1) is 31.8. The van der Waals surface area contributed by atoms with Crippen molar-refractivity contribution >= 4 is 45.1 Å². The Balaban J connectivity index is 2.25. The van der Waals surface area contributed by atoms with E-state index in [-0.39, 0.29) is 32.2 Å². The zero-order chi connectivity index (χ0) is 55.2. The monoisotopic (exact) mass is 1070 g/mol. The number of hydrogen-bond acceptors (Lipinski definition) is 11. The molecule has 2 aliphatic heterocycles. The fourth-order valence-corrected chi connectivity index (χ4v) is 13.2. The number of fused-ring (bicyclic) bond motifs is 1. The van der Waals surface area contributed by atoms with Crippen molar-refractivity contribution in [2.75, 3.05) is 14.2 Å². The number of cyclic esters (lactones) is 1. The molecule has 410 valence electrons. The smallest absolute Gasteiger partial charge is 0.342 e. The Morgan fingerprint density at radius 3 is 1.75 bits per heavy atom. The Morgan fingerprint density at radius 1 is 0.803 bits per heavy atom. The van der Waals surface area contributed by atoms with Crippen molar-refractivity contribution < 1.29 is 51.3 Å². The van der Waals surface area contributed by atoms with Crippen LogP contribution in [0.2, 0.25) is 72.5 Å². The summed E-state index contributed by atoms with van der Waals surface area (Å²) in [5.41, 5.74) is 2.54. The number of ether oxygens (including phenoxy) is 4. The summed E-state index contributed by atoms with van der Waals surface area (Å²) in [5, 5.41) is 13.8. The van der Waals surface area contributed by atoms with Gasteiger partial charge in [0.15, 0.2) is 29.0 Å². The first-order valence-corrected chi connectivity index (χ1v) is 37.8. The van der Waals surface area contributed by atoms with Crippen molar-refractivity contribution in [2.45, 2.75) is 265 Å². The summed E-state index contributed by atoms with van der Waals surface area (Å²) in [6.45, 7) is 59.1. The Bertz CT molecular complexity index is 2020. The largest absolute Gasteiger partial charge is 0.543 e. The molecular formula is C55H103NO11Si4. The zero-order valence-electron chi connectivity index (χ0n) is 49.8. The van der Waals surface area contributed by atoms with E-state index in [0.29, 0.717) is 37.0 Å². The minimum Gasteiger partial charge on any atom is -0.543 e. The van der Waals surface area contributed by atoms with Crippen LogP contribution in [0.1, 0.15) is 152 Å². The molecule has 9 atom stereocenters. The van der Waals surface area contributed by atoms with Crippen LogP contribution in [0.25, 0.3) is 0 Å². The van der Waals surface area contributed by atoms with Crippen LogP contribution in [0.4, 0.5) is 0 Å². The third kappa shape index (κ3) is 14.7. The lowest BCUT2D eigenvalue weighted by Gasteiger charge is -2.53. The van der Waals surface area contributed by atoms with E-state index >= 15 is 0 Å². The molecule has 2 N–H and O–H groups in total. The first kappa shape index (κ1) is 63.4. The molecule has 0 aliphatic carbocycles. The van der Waals surface area contributed by atoms with E-state index in [4.69, 9.17) is 36.7 Å². The van der Waals surface area contributed by atoms with Gasteiger partial charge in [-0.3, -0.25) is 4.79 Å². The van der Waals surface area contributed by atoms with Gasteiger partial charge < -0.3 is 47.1 Å². The minimum atomic E-state index is -2.50. The van der Waals surface area contributed by atoms with Gasteiger partial charge in [-0.15, -0.1) is 6.58 Å². The third-order valence-electron chi connectivity index (χ3n) is 17.8. The van der Waals surface area contributed by atoms with Crippen LogP contribution in [-0.2, 0) is 39.0 Å². The predicted molar refractivity (Wildman–Crippen MR) is 300 cm³/mol. The molecule has 0 unspecified atom stereocenters. The number of nitrogens with one attached hydrogen (secondary N) is 1. The van der Waals surface area contributed by atoms with Crippen LogP contribution in [0.5, 0.6) is 11.5 Å². The summed E-state index contributed by atoms with van der Waals surface area (Å²) >= 11 is 0. The van der Waals surface area contributed by atoms with Gasteiger partial charge in [-0.1, -0.05) is 109 Å². The number of hydrogen-bond donors (Lipinski definition) is 2. The van der Waals surface area contributed by atoms with Crippen molar-refractivity contribution in [1.29, 1.82) is 0 Å². The van der Waals surface area contributed by atoms with Crippen molar-refractivity contribution in [3.63, 3.8) is 0 Å². The molecule has 2 heterocycles. The number of carbonyl (C=O) groups excluding carboxylic acids is 2. The maximum absolute atomic E-state index is 14.8. The Morgan fingerprint density at radius 2 is 1.30 bits per heavy atom. The lowest BCUT2D eigenvalue weighted by molar-refractivity contribution is -0.213. The van der Waals surface area contributed by atoms with E-state index in [1.165, 1.54) is 14.2 Å². The normalized spacial score (nSPS) is 22.9. The molecule has 3 rings (SSSR count). The fourth-order valence-electron chi connectivity index (χ4n) is 8.23. The van der Waals surface area contributed by atoms with Gasteiger partial charge in [-0.25, -0.2) is 4.79 Å². The molecule has 16 heteroatoms. The molecule has 71 heavy (non-hydrogen) atoms. The van der Waals surface area contributed by atoms with Crippen LogP contribution in [0, 0.1) is 18.3 Å². The molecule has 1 amide bonds. The molecular weight excluding hydrogens is 963 g/mol. The topological polar surface area (TPSA) is 140 Å². The SMILES string of the molecule is C=C(C)C[C@H](OC)[C@H](O)C(=O)N[C@@H](OC)[C@@H]1C[C@@H](O[Si](C)(C)C(C)(C)C)C(C)(C)[C@@H](C[C@H](O[Si](C)(C)C(C)(C)C)[C@@H](C)[C@H]2Cc3c(C)c(O[Si](C)(C)C(C)(C)C)cc(O[Si](C)(C)C(C)(C)C)c3C(=O)O2)O1. The maximum Gasteiger partial charge on any atom is 0.342 e.